The largest absolute Gasteiger partial charge is 0.422 e. The molecule has 168 valence electrons. The van der Waals surface area contributed by atoms with E-state index < -0.39 is 21.8 Å². The molecule has 1 aliphatic rings. The number of nitro benzene ring substituents is 2. The number of para-hydroxylation sites is 1. The minimum absolute atomic E-state index is 0.0218. The molecule has 0 aliphatic carbocycles. The number of rotatable bonds is 6. The number of non-ortho nitro benzene ring substituents is 2. The summed E-state index contributed by atoms with van der Waals surface area (Å²) >= 11 is 0. The average Bonchev–Trinajstić information content (AvgIpc) is 3.20. The maximum Gasteiger partial charge on any atom is 0.363 e. The third-order valence-electron chi connectivity index (χ3n) is 4.67. The second-order valence-corrected chi connectivity index (χ2v) is 6.87. The van der Waals surface area contributed by atoms with Crippen LogP contribution >= 0.6 is 0 Å². The molecule has 0 bridgehead atoms. The van der Waals surface area contributed by atoms with Gasteiger partial charge in [0.15, 0.2) is 5.70 Å². The summed E-state index contributed by atoms with van der Waals surface area (Å²) in [6.07, 6.45) is 1.37. The van der Waals surface area contributed by atoms with E-state index >= 15 is 0 Å². The van der Waals surface area contributed by atoms with Gasteiger partial charge in [-0.2, -0.15) is 0 Å². The topological polar surface area (TPSA) is 151 Å². The van der Waals surface area contributed by atoms with Crippen LogP contribution in [-0.4, -0.2) is 27.7 Å². The van der Waals surface area contributed by atoms with Gasteiger partial charge in [0.2, 0.25) is 5.90 Å². The molecule has 0 fully saturated rings. The van der Waals surface area contributed by atoms with Crippen molar-refractivity contribution >= 4 is 35.3 Å². The first-order valence-electron chi connectivity index (χ1n) is 9.65. The lowest BCUT2D eigenvalue weighted by Gasteiger charge is -2.07. The molecule has 11 heteroatoms. The normalized spacial score (nSPS) is 13.8. The summed E-state index contributed by atoms with van der Waals surface area (Å²) in [5, 5.41) is 21.6. The highest BCUT2D eigenvalue weighted by atomic mass is 16.6. The summed E-state index contributed by atoms with van der Waals surface area (Å²) in [4.78, 5) is 49.4. The Morgan fingerprint density at radius 2 is 1.47 bits per heavy atom. The van der Waals surface area contributed by atoms with Crippen LogP contribution in [0.25, 0.3) is 6.08 Å². The summed E-state index contributed by atoms with van der Waals surface area (Å²) < 4.78 is 10.6. The van der Waals surface area contributed by atoms with Crippen LogP contribution in [0, 0.1) is 20.2 Å². The minimum atomic E-state index is -0.746. The van der Waals surface area contributed by atoms with Crippen molar-refractivity contribution in [2.75, 3.05) is 0 Å². The van der Waals surface area contributed by atoms with Crippen LogP contribution in [0.2, 0.25) is 0 Å². The van der Waals surface area contributed by atoms with Crippen molar-refractivity contribution in [3.63, 3.8) is 0 Å². The highest BCUT2D eigenvalue weighted by Gasteiger charge is 2.25. The second kappa shape index (κ2) is 9.12. The average molecular weight is 459 g/mol. The lowest BCUT2D eigenvalue weighted by atomic mass is 10.1. The molecular weight excluding hydrogens is 446 g/mol. The number of aliphatic imine (C=N–C) groups is 1. The van der Waals surface area contributed by atoms with Gasteiger partial charge in [0.05, 0.1) is 15.4 Å². The van der Waals surface area contributed by atoms with E-state index in [1.54, 1.807) is 18.2 Å². The number of cyclic esters (lactones) is 1. The van der Waals surface area contributed by atoms with Gasteiger partial charge in [0.1, 0.15) is 5.75 Å². The van der Waals surface area contributed by atoms with Crippen molar-refractivity contribution in [3.05, 3.63) is 115 Å². The Bertz CT molecular complexity index is 1380. The minimum Gasteiger partial charge on any atom is -0.422 e. The number of nitro groups is 2. The molecule has 3 aromatic carbocycles. The first-order valence-corrected chi connectivity index (χ1v) is 9.65. The molecule has 0 saturated carbocycles. The first kappa shape index (κ1) is 22.0. The molecule has 0 atom stereocenters. The molecular formula is C23H13N3O8. The van der Waals surface area contributed by atoms with Gasteiger partial charge in [0, 0.05) is 35.4 Å². The number of hydrogen-bond donors (Lipinski definition) is 0. The van der Waals surface area contributed by atoms with E-state index in [-0.39, 0.29) is 34.3 Å². The van der Waals surface area contributed by atoms with E-state index in [2.05, 4.69) is 4.99 Å². The van der Waals surface area contributed by atoms with Crippen LogP contribution < -0.4 is 4.74 Å². The Labute approximate surface area is 190 Å². The maximum absolute atomic E-state index is 12.5. The monoisotopic (exact) mass is 459 g/mol. The van der Waals surface area contributed by atoms with Crippen molar-refractivity contribution in [2.45, 2.75) is 0 Å². The lowest BCUT2D eigenvalue weighted by molar-refractivity contribution is -0.385. The number of hydrogen-bond acceptors (Lipinski definition) is 9. The number of nitrogens with zero attached hydrogens (tertiary/aromatic N) is 3. The van der Waals surface area contributed by atoms with Gasteiger partial charge in [-0.25, -0.2) is 14.6 Å². The van der Waals surface area contributed by atoms with Crippen molar-refractivity contribution in [1.29, 1.82) is 0 Å². The van der Waals surface area contributed by atoms with Gasteiger partial charge in [-0.15, -0.1) is 0 Å². The number of carbonyl (C=O) groups is 2. The molecule has 11 nitrogen and oxygen atoms in total. The Hall–Kier alpha value is -5.19. The SMILES string of the molecule is O=C1OC(c2ccc([N+](=O)[O-])cc2)=N/C1=C/c1ccccc1OC(=O)c1ccc([N+](=O)[O-])cc1. The summed E-state index contributed by atoms with van der Waals surface area (Å²) in [5.41, 5.74) is 0.494. The third-order valence-corrected chi connectivity index (χ3v) is 4.67. The third kappa shape index (κ3) is 4.67. The van der Waals surface area contributed by atoms with Crippen LogP contribution in [0.15, 0.2) is 83.5 Å². The van der Waals surface area contributed by atoms with Crippen LogP contribution in [0.5, 0.6) is 5.75 Å². The standard InChI is InChI=1S/C23H13N3O8/c27-22(15-7-11-18(12-8-15)26(31)32)33-20-4-2-1-3-16(20)13-19-23(28)34-21(24-19)14-5-9-17(10-6-14)25(29)30/h1-13H/b19-13+. The Balaban J connectivity index is 1.57. The van der Waals surface area contributed by atoms with Gasteiger partial charge in [-0.05, 0) is 36.4 Å². The zero-order valence-corrected chi connectivity index (χ0v) is 17.1. The molecule has 0 amide bonds. The summed E-state index contributed by atoms with van der Waals surface area (Å²) in [5.74, 6) is -1.38. The van der Waals surface area contributed by atoms with Crippen molar-refractivity contribution < 1.29 is 28.9 Å². The summed E-state index contributed by atoms with van der Waals surface area (Å²) in [6, 6.07) is 16.7. The highest BCUT2D eigenvalue weighted by Crippen LogP contribution is 2.26. The van der Waals surface area contributed by atoms with Crippen molar-refractivity contribution in [3.8, 4) is 5.75 Å². The summed E-state index contributed by atoms with van der Waals surface area (Å²) in [6.45, 7) is 0. The fraction of sp³-hybridized carbons (Fsp3) is 0. The Kier molecular flexibility index (Phi) is 5.91. The molecule has 0 unspecified atom stereocenters. The number of esters is 2. The van der Waals surface area contributed by atoms with E-state index in [1.807, 2.05) is 0 Å². The van der Waals surface area contributed by atoms with Crippen molar-refractivity contribution in [1.82, 2.24) is 0 Å². The van der Waals surface area contributed by atoms with Crippen LogP contribution in [0.3, 0.4) is 0 Å². The predicted molar refractivity (Wildman–Crippen MR) is 118 cm³/mol. The van der Waals surface area contributed by atoms with E-state index in [4.69, 9.17) is 9.47 Å². The quantitative estimate of drug-likeness (QED) is 0.176. The van der Waals surface area contributed by atoms with Gasteiger partial charge < -0.3 is 9.47 Å². The molecule has 34 heavy (non-hydrogen) atoms. The smallest absolute Gasteiger partial charge is 0.363 e. The number of benzene rings is 3. The van der Waals surface area contributed by atoms with Gasteiger partial charge >= 0.3 is 11.9 Å². The molecule has 1 heterocycles. The summed E-state index contributed by atoms with van der Waals surface area (Å²) in [7, 11) is 0. The maximum atomic E-state index is 12.5. The van der Waals surface area contributed by atoms with E-state index in [0.717, 1.165) is 0 Å². The van der Waals surface area contributed by atoms with Gasteiger partial charge in [-0.1, -0.05) is 18.2 Å². The molecule has 0 saturated heterocycles. The lowest BCUT2D eigenvalue weighted by Crippen LogP contribution is -2.09. The van der Waals surface area contributed by atoms with E-state index in [0.29, 0.717) is 11.1 Å². The highest BCUT2D eigenvalue weighted by molar-refractivity contribution is 6.13. The zero-order valence-electron chi connectivity index (χ0n) is 17.1. The van der Waals surface area contributed by atoms with Crippen molar-refractivity contribution in [2.24, 2.45) is 4.99 Å². The molecule has 1 aliphatic heterocycles. The molecule has 0 radical (unpaired) electrons. The van der Waals surface area contributed by atoms with Crippen LogP contribution in [0.1, 0.15) is 21.5 Å². The fourth-order valence-corrected chi connectivity index (χ4v) is 2.98. The Morgan fingerprint density at radius 1 is 0.882 bits per heavy atom. The zero-order chi connectivity index (χ0) is 24.2. The van der Waals surface area contributed by atoms with Crippen LogP contribution in [-0.2, 0) is 9.53 Å². The van der Waals surface area contributed by atoms with E-state index in [1.165, 1.54) is 60.7 Å². The molecule has 0 spiro atoms. The van der Waals surface area contributed by atoms with Crippen LogP contribution in [0.4, 0.5) is 11.4 Å². The van der Waals surface area contributed by atoms with Gasteiger partial charge in [-0.3, -0.25) is 20.2 Å². The molecule has 0 N–H and O–H groups in total. The van der Waals surface area contributed by atoms with Gasteiger partial charge in [0.25, 0.3) is 11.4 Å². The molecule has 0 aromatic heterocycles. The molecule has 4 rings (SSSR count). The number of ether oxygens (including phenoxy) is 2. The fourth-order valence-electron chi connectivity index (χ4n) is 2.98. The number of carbonyl (C=O) groups excluding carboxylic acids is 2. The predicted octanol–water partition coefficient (Wildman–Crippen LogP) is 4.07. The van der Waals surface area contributed by atoms with E-state index in [9.17, 15) is 29.8 Å². The Morgan fingerprint density at radius 3 is 2.09 bits per heavy atom. The second-order valence-electron chi connectivity index (χ2n) is 6.87. The molecule has 3 aromatic rings. The first-order chi connectivity index (χ1) is 16.3.